The Kier molecular flexibility index (Phi) is 2.32. The van der Waals surface area contributed by atoms with Gasteiger partial charge in [-0.3, -0.25) is 4.98 Å². The Hall–Kier alpha value is -0.880. The van der Waals surface area contributed by atoms with Crippen LogP contribution in [0.5, 0.6) is 0 Å². The van der Waals surface area contributed by atoms with Gasteiger partial charge in [-0.15, -0.1) is 10.2 Å². The van der Waals surface area contributed by atoms with Gasteiger partial charge in [-0.1, -0.05) is 11.3 Å². The summed E-state index contributed by atoms with van der Waals surface area (Å²) >= 11 is 4.49. The lowest BCUT2D eigenvalue weighted by Gasteiger charge is -1.92. The number of rotatable bonds is 1. The van der Waals surface area contributed by atoms with Crippen LogP contribution in [0.3, 0.4) is 0 Å². The molecule has 0 spiro atoms. The van der Waals surface area contributed by atoms with E-state index in [0.717, 1.165) is 0 Å². The van der Waals surface area contributed by atoms with Crippen molar-refractivity contribution in [1.29, 1.82) is 0 Å². The summed E-state index contributed by atoms with van der Waals surface area (Å²) in [5.74, 6) is -0.323. The molecule has 0 atom stereocenters. The molecule has 0 unspecified atom stereocenters. The molecule has 6 heteroatoms. The van der Waals surface area contributed by atoms with Gasteiger partial charge in [-0.25, -0.2) is 4.39 Å². The maximum atomic E-state index is 12.8. The molecule has 0 saturated carbocycles. The van der Waals surface area contributed by atoms with Crippen LogP contribution in [-0.4, -0.2) is 15.2 Å². The highest BCUT2D eigenvalue weighted by Crippen LogP contribution is 2.24. The Morgan fingerprint density at radius 1 is 1.38 bits per heavy atom. The van der Waals surface area contributed by atoms with Crippen LogP contribution >= 0.6 is 27.3 Å². The molecule has 0 aromatic carbocycles. The number of nitrogens with zero attached hydrogens (tertiary/aromatic N) is 3. The smallest absolute Gasteiger partial charge is 0.183 e. The molecule has 0 radical (unpaired) electrons. The molecule has 2 rings (SSSR count). The molecule has 2 heterocycles. The third-order valence-corrected chi connectivity index (χ3v) is 2.72. The van der Waals surface area contributed by atoms with Gasteiger partial charge in [0.05, 0.1) is 0 Å². The van der Waals surface area contributed by atoms with Crippen LogP contribution < -0.4 is 0 Å². The highest BCUT2D eigenvalue weighted by molar-refractivity contribution is 9.11. The molecule has 0 bridgehead atoms. The molecular formula is C7H3BrFN3S. The van der Waals surface area contributed by atoms with Gasteiger partial charge in [0.2, 0.25) is 0 Å². The average molecular weight is 260 g/mol. The standard InChI is InChI=1S/C7H3BrFN3S/c8-7-12-11-6(13-7)5-3-4(9)1-2-10-5/h1-3H. The summed E-state index contributed by atoms with van der Waals surface area (Å²) in [7, 11) is 0. The second-order valence-corrected chi connectivity index (χ2v) is 4.47. The molecule has 0 aliphatic rings. The second kappa shape index (κ2) is 3.47. The van der Waals surface area contributed by atoms with Crippen molar-refractivity contribution in [3.63, 3.8) is 0 Å². The summed E-state index contributed by atoms with van der Waals surface area (Å²) in [5.41, 5.74) is 0.503. The number of pyridine rings is 1. The summed E-state index contributed by atoms with van der Waals surface area (Å²) in [6.07, 6.45) is 1.40. The lowest BCUT2D eigenvalue weighted by molar-refractivity contribution is 0.626. The largest absolute Gasteiger partial charge is 0.253 e. The topological polar surface area (TPSA) is 38.7 Å². The normalized spacial score (nSPS) is 10.3. The van der Waals surface area contributed by atoms with Crippen molar-refractivity contribution in [2.75, 3.05) is 0 Å². The van der Waals surface area contributed by atoms with Crippen molar-refractivity contribution in [3.8, 4) is 10.7 Å². The summed E-state index contributed by atoms with van der Waals surface area (Å²) in [6, 6.07) is 2.62. The van der Waals surface area contributed by atoms with E-state index in [1.807, 2.05) is 0 Å². The van der Waals surface area contributed by atoms with Crippen LogP contribution in [0.1, 0.15) is 0 Å². The van der Waals surface area contributed by atoms with Crippen LogP contribution in [0.25, 0.3) is 10.7 Å². The van der Waals surface area contributed by atoms with Gasteiger partial charge in [0.25, 0.3) is 0 Å². The Labute approximate surface area is 85.8 Å². The predicted octanol–water partition coefficient (Wildman–Crippen LogP) is 2.50. The third kappa shape index (κ3) is 1.89. The molecule has 0 amide bonds. The minimum absolute atomic E-state index is 0.323. The van der Waals surface area contributed by atoms with Gasteiger partial charge in [0, 0.05) is 12.3 Å². The number of aromatic nitrogens is 3. The van der Waals surface area contributed by atoms with Crippen molar-refractivity contribution in [2.24, 2.45) is 0 Å². The first-order valence-corrected chi connectivity index (χ1v) is 4.97. The lowest BCUT2D eigenvalue weighted by atomic mass is 10.3. The zero-order valence-corrected chi connectivity index (χ0v) is 8.64. The maximum Gasteiger partial charge on any atom is 0.183 e. The predicted molar refractivity (Wildman–Crippen MR) is 50.8 cm³/mol. The van der Waals surface area contributed by atoms with E-state index in [0.29, 0.717) is 14.6 Å². The maximum absolute atomic E-state index is 12.8. The van der Waals surface area contributed by atoms with E-state index in [9.17, 15) is 4.39 Å². The molecule has 0 aliphatic heterocycles. The van der Waals surface area contributed by atoms with Gasteiger partial charge in [-0.2, -0.15) is 0 Å². The molecule has 3 nitrogen and oxygen atoms in total. The first-order valence-electron chi connectivity index (χ1n) is 3.36. The average Bonchev–Trinajstić information content (AvgIpc) is 2.52. The molecule has 66 valence electrons. The number of hydrogen-bond donors (Lipinski definition) is 0. The first kappa shape index (κ1) is 8.71. The molecule has 0 saturated heterocycles. The molecular weight excluding hydrogens is 257 g/mol. The third-order valence-electron chi connectivity index (χ3n) is 1.34. The zero-order chi connectivity index (χ0) is 9.26. The first-order chi connectivity index (χ1) is 6.25. The molecule has 0 fully saturated rings. The van der Waals surface area contributed by atoms with Crippen LogP contribution in [0, 0.1) is 5.82 Å². The molecule has 13 heavy (non-hydrogen) atoms. The van der Waals surface area contributed by atoms with Crippen LogP contribution in [-0.2, 0) is 0 Å². The number of halogens is 2. The van der Waals surface area contributed by atoms with Gasteiger partial charge in [0.1, 0.15) is 11.5 Å². The fourth-order valence-corrected chi connectivity index (χ4v) is 1.91. The van der Waals surface area contributed by atoms with Crippen LogP contribution in [0.4, 0.5) is 4.39 Å². The summed E-state index contributed by atoms with van der Waals surface area (Å²) in [6.45, 7) is 0. The monoisotopic (exact) mass is 259 g/mol. The quantitative estimate of drug-likeness (QED) is 0.790. The summed E-state index contributed by atoms with van der Waals surface area (Å²) in [4.78, 5) is 3.97. The second-order valence-electron chi connectivity index (χ2n) is 2.22. The highest BCUT2D eigenvalue weighted by atomic mass is 79.9. The van der Waals surface area contributed by atoms with Crippen molar-refractivity contribution in [3.05, 3.63) is 28.1 Å². The lowest BCUT2D eigenvalue weighted by Crippen LogP contribution is -1.83. The molecule has 0 N–H and O–H groups in total. The van der Waals surface area contributed by atoms with E-state index >= 15 is 0 Å². The Morgan fingerprint density at radius 3 is 2.85 bits per heavy atom. The van der Waals surface area contributed by atoms with E-state index in [2.05, 4.69) is 31.1 Å². The summed E-state index contributed by atoms with van der Waals surface area (Å²) < 4.78 is 13.4. The van der Waals surface area contributed by atoms with E-state index in [1.54, 1.807) is 0 Å². The fraction of sp³-hybridized carbons (Fsp3) is 0. The molecule has 0 aliphatic carbocycles. The van der Waals surface area contributed by atoms with Crippen LogP contribution in [0.15, 0.2) is 22.2 Å². The van der Waals surface area contributed by atoms with E-state index in [-0.39, 0.29) is 5.82 Å². The summed E-state index contributed by atoms with van der Waals surface area (Å²) in [5, 5.41) is 8.17. The van der Waals surface area contributed by atoms with Crippen LogP contribution in [0.2, 0.25) is 0 Å². The Bertz CT molecular complexity index is 431. The van der Waals surface area contributed by atoms with Gasteiger partial charge >= 0.3 is 0 Å². The number of hydrogen-bond acceptors (Lipinski definition) is 4. The molecule has 2 aromatic rings. The van der Waals surface area contributed by atoms with Crippen molar-refractivity contribution < 1.29 is 4.39 Å². The Morgan fingerprint density at radius 2 is 2.23 bits per heavy atom. The highest BCUT2D eigenvalue weighted by Gasteiger charge is 2.06. The Balaban J connectivity index is 2.46. The molecule has 2 aromatic heterocycles. The van der Waals surface area contributed by atoms with E-state index < -0.39 is 0 Å². The van der Waals surface area contributed by atoms with Crippen molar-refractivity contribution in [1.82, 2.24) is 15.2 Å². The minimum atomic E-state index is -0.323. The SMILES string of the molecule is Fc1ccnc(-c2nnc(Br)s2)c1. The van der Waals surface area contributed by atoms with Gasteiger partial charge in [0.15, 0.2) is 8.92 Å². The van der Waals surface area contributed by atoms with E-state index in [4.69, 9.17) is 0 Å². The fourth-order valence-electron chi connectivity index (χ4n) is 0.831. The minimum Gasteiger partial charge on any atom is -0.253 e. The zero-order valence-electron chi connectivity index (χ0n) is 6.24. The van der Waals surface area contributed by atoms with Gasteiger partial charge in [-0.05, 0) is 22.0 Å². The van der Waals surface area contributed by atoms with Crippen molar-refractivity contribution in [2.45, 2.75) is 0 Å². The van der Waals surface area contributed by atoms with Crippen molar-refractivity contribution >= 4 is 27.3 Å². The van der Waals surface area contributed by atoms with E-state index in [1.165, 1.54) is 29.7 Å². The van der Waals surface area contributed by atoms with Gasteiger partial charge < -0.3 is 0 Å².